The molecule has 2 amide bonds. The molecule has 3 atom stereocenters. The first kappa shape index (κ1) is 26.2. The van der Waals surface area contributed by atoms with Gasteiger partial charge in [0.2, 0.25) is 5.91 Å². The van der Waals surface area contributed by atoms with E-state index >= 15 is 0 Å². The van der Waals surface area contributed by atoms with Crippen molar-refractivity contribution in [2.45, 2.75) is 57.7 Å². The van der Waals surface area contributed by atoms with Crippen LogP contribution in [0.5, 0.6) is 0 Å². The van der Waals surface area contributed by atoms with Crippen molar-refractivity contribution in [3.05, 3.63) is 59.7 Å². The summed E-state index contributed by atoms with van der Waals surface area (Å²) in [5.41, 5.74) is 3.79. The van der Waals surface area contributed by atoms with Crippen LogP contribution in [-0.4, -0.2) is 54.5 Å². The van der Waals surface area contributed by atoms with Gasteiger partial charge >= 0.3 is 12.1 Å². The molecular weight excluding hydrogens is 448 g/mol. The molecule has 1 aliphatic carbocycles. The number of aliphatic carboxylic acids is 1. The Morgan fingerprint density at radius 2 is 1.51 bits per heavy atom. The largest absolute Gasteiger partial charge is 0.480 e. The Bertz CT molecular complexity index is 1040. The molecule has 2 aromatic carbocycles. The molecule has 0 aliphatic heterocycles. The van der Waals surface area contributed by atoms with Crippen LogP contribution in [0.15, 0.2) is 48.5 Å². The van der Waals surface area contributed by atoms with E-state index in [1.54, 1.807) is 27.7 Å². The van der Waals surface area contributed by atoms with Gasteiger partial charge in [-0.25, -0.2) is 9.59 Å². The lowest BCUT2D eigenvalue weighted by molar-refractivity contribution is -0.144. The summed E-state index contributed by atoms with van der Waals surface area (Å²) < 4.78 is 10.8. The maximum absolute atomic E-state index is 12.7. The minimum Gasteiger partial charge on any atom is -0.480 e. The number of alkyl carbamates (subject to hydrolysis) is 1. The normalized spacial score (nSPS) is 15.3. The Labute approximate surface area is 206 Å². The summed E-state index contributed by atoms with van der Waals surface area (Å²) >= 11 is 0. The highest BCUT2D eigenvalue weighted by Crippen LogP contribution is 2.44. The summed E-state index contributed by atoms with van der Waals surface area (Å²) in [5, 5.41) is 14.7. The van der Waals surface area contributed by atoms with Crippen LogP contribution in [0.1, 0.15) is 51.2 Å². The average molecular weight is 483 g/mol. The third-order valence-electron chi connectivity index (χ3n) is 6.72. The molecule has 0 spiro atoms. The Balaban J connectivity index is 1.56. The van der Waals surface area contributed by atoms with Gasteiger partial charge in [0.1, 0.15) is 12.6 Å². The van der Waals surface area contributed by atoms with Crippen molar-refractivity contribution in [3.63, 3.8) is 0 Å². The van der Waals surface area contributed by atoms with E-state index in [9.17, 15) is 19.5 Å². The lowest BCUT2D eigenvalue weighted by Gasteiger charge is -2.28. The first-order chi connectivity index (χ1) is 16.5. The molecule has 0 aromatic heterocycles. The summed E-state index contributed by atoms with van der Waals surface area (Å²) in [6.45, 7) is 6.98. The first-order valence-electron chi connectivity index (χ1n) is 11.7. The second kappa shape index (κ2) is 10.9. The molecule has 8 heteroatoms. The number of rotatable bonds is 10. The number of hydrogen-bond acceptors (Lipinski definition) is 5. The van der Waals surface area contributed by atoms with Crippen molar-refractivity contribution in [1.82, 2.24) is 10.6 Å². The standard InChI is InChI=1S/C27H34N2O6/c1-16(24(30)29-23(25(31)32)14-27(3,4)34-5)17(2)28-26(33)35-15-22-20-12-8-6-10-18(20)19-11-7-9-13-21(19)22/h6-13,16-17,22-23H,14-15H2,1-5H3,(H,28,33)(H,29,30)(H,31,32). The highest BCUT2D eigenvalue weighted by molar-refractivity contribution is 5.85. The smallest absolute Gasteiger partial charge is 0.407 e. The summed E-state index contributed by atoms with van der Waals surface area (Å²) in [5.74, 6) is -2.36. The van der Waals surface area contributed by atoms with Gasteiger partial charge < -0.3 is 25.2 Å². The number of carbonyl (C=O) groups excluding carboxylic acids is 2. The maximum atomic E-state index is 12.7. The van der Waals surface area contributed by atoms with Gasteiger partial charge in [0.25, 0.3) is 0 Å². The number of amides is 2. The van der Waals surface area contributed by atoms with Crippen molar-refractivity contribution in [3.8, 4) is 11.1 Å². The third-order valence-corrected chi connectivity index (χ3v) is 6.72. The molecule has 0 bridgehead atoms. The van der Waals surface area contributed by atoms with Crippen LogP contribution >= 0.6 is 0 Å². The predicted molar refractivity (Wildman–Crippen MR) is 132 cm³/mol. The van der Waals surface area contributed by atoms with Crippen molar-refractivity contribution < 1.29 is 29.0 Å². The van der Waals surface area contributed by atoms with Crippen LogP contribution in [0.25, 0.3) is 11.1 Å². The summed E-state index contributed by atoms with van der Waals surface area (Å²) in [6.07, 6.45) is -0.528. The van der Waals surface area contributed by atoms with Gasteiger partial charge in [0, 0.05) is 25.5 Å². The maximum Gasteiger partial charge on any atom is 0.407 e. The minimum absolute atomic E-state index is 0.0651. The SMILES string of the molecule is COC(C)(C)CC(NC(=O)C(C)C(C)NC(=O)OCC1c2ccccc2-c2ccccc21)C(=O)O. The van der Waals surface area contributed by atoms with E-state index in [1.165, 1.54) is 7.11 Å². The van der Waals surface area contributed by atoms with Gasteiger partial charge in [0.15, 0.2) is 0 Å². The van der Waals surface area contributed by atoms with Gasteiger partial charge in [-0.1, -0.05) is 55.5 Å². The fraction of sp³-hybridized carbons (Fsp3) is 0.444. The van der Waals surface area contributed by atoms with E-state index < -0.39 is 41.6 Å². The van der Waals surface area contributed by atoms with Crippen molar-refractivity contribution >= 4 is 18.0 Å². The number of nitrogens with one attached hydrogen (secondary N) is 2. The topological polar surface area (TPSA) is 114 Å². The fourth-order valence-electron chi connectivity index (χ4n) is 4.26. The van der Waals surface area contributed by atoms with Gasteiger partial charge in [0.05, 0.1) is 11.5 Å². The molecule has 3 N–H and O–H groups in total. The van der Waals surface area contributed by atoms with Crippen molar-refractivity contribution in [1.29, 1.82) is 0 Å². The molecule has 0 fully saturated rings. The number of benzene rings is 2. The molecular formula is C27H34N2O6. The lowest BCUT2D eigenvalue weighted by atomic mass is 9.97. The zero-order valence-corrected chi connectivity index (χ0v) is 20.8. The number of carbonyl (C=O) groups is 3. The van der Waals surface area contributed by atoms with Crippen LogP contribution in [-0.2, 0) is 19.1 Å². The third kappa shape index (κ3) is 6.19. The lowest BCUT2D eigenvalue weighted by Crippen LogP contribution is -2.50. The summed E-state index contributed by atoms with van der Waals surface area (Å²) in [6, 6.07) is 14.5. The molecule has 3 rings (SSSR count). The number of ether oxygens (including phenoxy) is 2. The zero-order chi connectivity index (χ0) is 25.8. The second-order valence-corrected chi connectivity index (χ2v) is 9.61. The molecule has 0 saturated heterocycles. The van der Waals surface area contributed by atoms with E-state index in [0.717, 1.165) is 22.3 Å². The second-order valence-electron chi connectivity index (χ2n) is 9.61. The van der Waals surface area contributed by atoms with Crippen molar-refractivity contribution in [2.75, 3.05) is 13.7 Å². The van der Waals surface area contributed by atoms with Crippen LogP contribution in [0.3, 0.4) is 0 Å². The number of fused-ring (bicyclic) bond motifs is 3. The quantitative estimate of drug-likeness (QED) is 0.473. The molecule has 3 unspecified atom stereocenters. The van der Waals surface area contributed by atoms with Gasteiger partial charge in [-0.15, -0.1) is 0 Å². The number of methoxy groups -OCH3 is 1. The van der Waals surface area contributed by atoms with Gasteiger partial charge in [-0.2, -0.15) is 0 Å². The van der Waals surface area contributed by atoms with Crippen LogP contribution in [0.2, 0.25) is 0 Å². The average Bonchev–Trinajstić information content (AvgIpc) is 3.15. The highest BCUT2D eigenvalue weighted by atomic mass is 16.5. The summed E-state index contributed by atoms with van der Waals surface area (Å²) in [4.78, 5) is 36.9. The molecule has 2 aromatic rings. The number of carboxylic acid groups (broad SMARTS) is 1. The van der Waals surface area contributed by atoms with E-state index in [0.29, 0.717) is 0 Å². The molecule has 1 aliphatic rings. The van der Waals surface area contributed by atoms with E-state index in [-0.39, 0.29) is 18.9 Å². The molecule has 0 saturated carbocycles. The Morgan fingerprint density at radius 1 is 0.971 bits per heavy atom. The molecule has 188 valence electrons. The van der Waals surface area contributed by atoms with E-state index in [2.05, 4.69) is 22.8 Å². The van der Waals surface area contributed by atoms with Crippen LogP contribution in [0.4, 0.5) is 4.79 Å². The van der Waals surface area contributed by atoms with E-state index in [4.69, 9.17) is 9.47 Å². The van der Waals surface area contributed by atoms with Crippen molar-refractivity contribution in [2.24, 2.45) is 5.92 Å². The van der Waals surface area contributed by atoms with E-state index in [1.807, 2.05) is 36.4 Å². The monoisotopic (exact) mass is 482 g/mol. The van der Waals surface area contributed by atoms with Gasteiger partial charge in [-0.3, -0.25) is 4.79 Å². The molecule has 8 nitrogen and oxygen atoms in total. The Kier molecular flexibility index (Phi) is 8.17. The Hall–Kier alpha value is -3.39. The van der Waals surface area contributed by atoms with Crippen LogP contribution in [0, 0.1) is 5.92 Å². The molecule has 0 heterocycles. The van der Waals surface area contributed by atoms with Crippen LogP contribution < -0.4 is 10.6 Å². The Morgan fingerprint density at radius 3 is 2.03 bits per heavy atom. The molecule has 0 radical (unpaired) electrons. The minimum atomic E-state index is -1.15. The summed E-state index contributed by atoms with van der Waals surface area (Å²) in [7, 11) is 1.49. The number of hydrogen-bond donors (Lipinski definition) is 3. The first-order valence-corrected chi connectivity index (χ1v) is 11.7. The number of carboxylic acids is 1. The van der Waals surface area contributed by atoms with Gasteiger partial charge in [-0.05, 0) is 43.0 Å². The zero-order valence-electron chi connectivity index (χ0n) is 20.8. The molecule has 35 heavy (non-hydrogen) atoms. The predicted octanol–water partition coefficient (Wildman–Crippen LogP) is 3.93. The highest BCUT2D eigenvalue weighted by Gasteiger charge is 2.32. The fourth-order valence-corrected chi connectivity index (χ4v) is 4.26.